The molecule has 1 heterocycles. The number of fused-ring (bicyclic) bond motifs is 1. The van der Waals surface area contributed by atoms with Gasteiger partial charge in [-0.25, -0.2) is 0 Å². The normalized spacial score (nSPS) is 16.8. The largest absolute Gasteiger partial charge is 0.486 e. The standard InChI is InChI=1S/C15H23NO3S/c1-11(8-17)9-20-10-13(16-2)12-3-4-14-15(7-12)19-6-5-18-14/h3-4,7,11,13,16-17H,5-6,8-10H2,1-2H3. The first-order chi connectivity index (χ1) is 9.74. The van der Waals surface area contributed by atoms with Crippen molar-refractivity contribution in [3.8, 4) is 11.5 Å². The molecule has 0 aliphatic carbocycles. The van der Waals surface area contributed by atoms with Crippen LogP contribution in [0.3, 0.4) is 0 Å². The Labute approximate surface area is 124 Å². The first kappa shape index (κ1) is 15.5. The molecule has 112 valence electrons. The van der Waals surface area contributed by atoms with Crippen molar-refractivity contribution in [3.05, 3.63) is 23.8 Å². The van der Waals surface area contributed by atoms with E-state index < -0.39 is 0 Å². The number of benzene rings is 1. The Balaban J connectivity index is 1.96. The third-order valence-electron chi connectivity index (χ3n) is 3.32. The van der Waals surface area contributed by atoms with Crippen LogP contribution in [0.15, 0.2) is 18.2 Å². The van der Waals surface area contributed by atoms with Crippen LogP contribution in [0.5, 0.6) is 11.5 Å². The number of hydrogen-bond donors (Lipinski definition) is 2. The molecule has 2 atom stereocenters. The molecule has 0 radical (unpaired) electrons. The van der Waals surface area contributed by atoms with E-state index in [1.165, 1.54) is 5.56 Å². The predicted octanol–water partition coefficient (Wildman–Crippen LogP) is 2.08. The van der Waals surface area contributed by atoms with Crippen molar-refractivity contribution in [1.29, 1.82) is 0 Å². The lowest BCUT2D eigenvalue weighted by atomic mass is 10.1. The Bertz CT molecular complexity index is 428. The molecule has 0 amide bonds. The van der Waals surface area contributed by atoms with Crippen LogP contribution in [0, 0.1) is 5.92 Å². The Morgan fingerprint density at radius 3 is 2.70 bits per heavy atom. The van der Waals surface area contributed by atoms with Crippen molar-refractivity contribution in [2.45, 2.75) is 13.0 Å². The highest BCUT2D eigenvalue weighted by atomic mass is 32.2. The SMILES string of the molecule is CNC(CSCC(C)CO)c1ccc2c(c1)OCCO2. The van der Waals surface area contributed by atoms with Gasteiger partial charge in [0.05, 0.1) is 0 Å². The Hall–Kier alpha value is -0.910. The number of aliphatic hydroxyl groups excluding tert-OH is 1. The topological polar surface area (TPSA) is 50.7 Å². The molecule has 0 spiro atoms. The van der Waals surface area contributed by atoms with E-state index in [1.807, 2.05) is 24.9 Å². The van der Waals surface area contributed by atoms with Gasteiger partial charge in [-0.15, -0.1) is 0 Å². The minimum Gasteiger partial charge on any atom is -0.486 e. The zero-order valence-corrected chi connectivity index (χ0v) is 12.9. The van der Waals surface area contributed by atoms with Gasteiger partial charge in [0.25, 0.3) is 0 Å². The monoisotopic (exact) mass is 297 g/mol. The molecular weight excluding hydrogens is 274 g/mol. The van der Waals surface area contributed by atoms with Crippen LogP contribution in [-0.2, 0) is 0 Å². The lowest BCUT2D eigenvalue weighted by Crippen LogP contribution is -2.21. The molecule has 1 aliphatic heterocycles. The second-order valence-electron chi connectivity index (χ2n) is 5.07. The van der Waals surface area contributed by atoms with Crippen molar-refractivity contribution in [2.75, 3.05) is 38.4 Å². The predicted molar refractivity (Wildman–Crippen MR) is 82.8 cm³/mol. The van der Waals surface area contributed by atoms with Crippen LogP contribution in [0.1, 0.15) is 18.5 Å². The van der Waals surface area contributed by atoms with Gasteiger partial charge in [-0.2, -0.15) is 11.8 Å². The van der Waals surface area contributed by atoms with E-state index in [0.717, 1.165) is 23.0 Å². The number of nitrogens with one attached hydrogen (secondary N) is 1. The summed E-state index contributed by atoms with van der Waals surface area (Å²) in [6.45, 7) is 3.55. The molecule has 1 aliphatic rings. The highest BCUT2D eigenvalue weighted by Gasteiger charge is 2.16. The number of aliphatic hydroxyl groups is 1. The van der Waals surface area contributed by atoms with E-state index in [1.54, 1.807) is 0 Å². The van der Waals surface area contributed by atoms with Gasteiger partial charge in [0.1, 0.15) is 13.2 Å². The highest BCUT2D eigenvalue weighted by molar-refractivity contribution is 7.99. The molecule has 2 rings (SSSR count). The van der Waals surface area contributed by atoms with Crippen LogP contribution >= 0.6 is 11.8 Å². The van der Waals surface area contributed by atoms with Crippen molar-refractivity contribution < 1.29 is 14.6 Å². The van der Waals surface area contributed by atoms with Crippen molar-refractivity contribution >= 4 is 11.8 Å². The zero-order chi connectivity index (χ0) is 14.4. The van der Waals surface area contributed by atoms with Gasteiger partial charge < -0.3 is 19.9 Å². The number of rotatable bonds is 7. The van der Waals surface area contributed by atoms with E-state index in [4.69, 9.17) is 14.6 Å². The second kappa shape index (κ2) is 7.76. The summed E-state index contributed by atoms with van der Waals surface area (Å²) in [5, 5.41) is 12.4. The van der Waals surface area contributed by atoms with Crippen LogP contribution in [0.2, 0.25) is 0 Å². The average Bonchev–Trinajstić information content (AvgIpc) is 2.51. The van der Waals surface area contributed by atoms with E-state index in [9.17, 15) is 0 Å². The number of ether oxygens (including phenoxy) is 2. The molecule has 0 aromatic heterocycles. The fraction of sp³-hybridized carbons (Fsp3) is 0.600. The van der Waals surface area contributed by atoms with Gasteiger partial charge in [0.2, 0.25) is 0 Å². The van der Waals surface area contributed by atoms with E-state index in [0.29, 0.717) is 19.1 Å². The first-order valence-corrected chi connectivity index (χ1v) is 8.15. The molecule has 0 fully saturated rings. The molecule has 1 aromatic carbocycles. The number of hydrogen-bond acceptors (Lipinski definition) is 5. The average molecular weight is 297 g/mol. The molecular formula is C15H23NO3S. The minimum absolute atomic E-state index is 0.251. The second-order valence-corrected chi connectivity index (χ2v) is 6.14. The van der Waals surface area contributed by atoms with Gasteiger partial charge in [-0.1, -0.05) is 13.0 Å². The van der Waals surface area contributed by atoms with Gasteiger partial charge in [0, 0.05) is 18.4 Å². The van der Waals surface area contributed by atoms with Crippen molar-refractivity contribution in [2.24, 2.45) is 5.92 Å². The molecule has 0 saturated carbocycles. The smallest absolute Gasteiger partial charge is 0.161 e. The zero-order valence-electron chi connectivity index (χ0n) is 12.1. The number of thioether (sulfide) groups is 1. The maximum atomic E-state index is 9.05. The molecule has 1 aromatic rings. The van der Waals surface area contributed by atoms with Gasteiger partial charge >= 0.3 is 0 Å². The van der Waals surface area contributed by atoms with Gasteiger partial charge in [-0.3, -0.25) is 0 Å². The summed E-state index contributed by atoms with van der Waals surface area (Å²) in [7, 11) is 1.97. The van der Waals surface area contributed by atoms with E-state index in [2.05, 4.69) is 24.4 Å². The van der Waals surface area contributed by atoms with Crippen molar-refractivity contribution in [1.82, 2.24) is 5.32 Å². The van der Waals surface area contributed by atoms with Crippen LogP contribution in [0.25, 0.3) is 0 Å². The first-order valence-electron chi connectivity index (χ1n) is 7.00. The van der Waals surface area contributed by atoms with Gasteiger partial charge in [0.15, 0.2) is 11.5 Å². The molecule has 0 saturated heterocycles. The summed E-state index contributed by atoms with van der Waals surface area (Å²) in [6, 6.07) is 6.41. The molecule has 4 nitrogen and oxygen atoms in total. The molecule has 5 heteroatoms. The maximum absolute atomic E-state index is 9.05. The third-order valence-corrected chi connectivity index (χ3v) is 4.69. The van der Waals surface area contributed by atoms with Crippen LogP contribution < -0.4 is 14.8 Å². The fourth-order valence-electron chi connectivity index (χ4n) is 2.06. The summed E-state index contributed by atoms with van der Waals surface area (Å²) >= 11 is 1.86. The summed E-state index contributed by atoms with van der Waals surface area (Å²) < 4.78 is 11.2. The van der Waals surface area contributed by atoms with E-state index >= 15 is 0 Å². The molecule has 2 unspecified atom stereocenters. The summed E-state index contributed by atoms with van der Waals surface area (Å²) in [4.78, 5) is 0. The highest BCUT2D eigenvalue weighted by Crippen LogP contribution is 2.33. The maximum Gasteiger partial charge on any atom is 0.161 e. The summed E-state index contributed by atoms with van der Waals surface area (Å²) in [6.07, 6.45) is 0. The molecule has 0 bridgehead atoms. The lowest BCUT2D eigenvalue weighted by Gasteiger charge is -2.22. The molecule has 2 N–H and O–H groups in total. The minimum atomic E-state index is 0.251. The lowest BCUT2D eigenvalue weighted by molar-refractivity contribution is 0.171. The quantitative estimate of drug-likeness (QED) is 0.807. The Morgan fingerprint density at radius 1 is 1.25 bits per heavy atom. The van der Waals surface area contributed by atoms with Crippen molar-refractivity contribution in [3.63, 3.8) is 0 Å². The van der Waals surface area contributed by atoms with Crippen LogP contribution in [0.4, 0.5) is 0 Å². The van der Waals surface area contributed by atoms with Crippen LogP contribution in [-0.4, -0.2) is 43.5 Å². The summed E-state index contributed by atoms with van der Waals surface area (Å²) in [5.41, 5.74) is 1.21. The van der Waals surface area contributed by atoms with Gasteiger partial charge in [-0.05, 0) is 36.4 Å². The molecule has 20 heavy (non-hydrogen) atoms. The Kier molecular flexibility index (Phi) is 6.01. The fourth-order valence-corrected chi connectivity index (χ4v) is 3.30. The Morgan fingerprint density at radius 2 is 2.00 bits per heavy atom. The third kappa shape index (κ3) is 4.04. The van der Waals surface area contributed by atoms with E-state index in [-0.39, 0.29) is 12.6 Å². The summed E-state index contributed by atoms with van der Waals surface area (Å²) in [5.74, 6) is 3.96.